The predicted molar refractivity (Wildman–Crippen MR) is 68.8 cm³/mol. The maximum absolute atomic E-state index is 11.7. The van der Waals surface area contributed by atoms with Gasteiger partial charge >= 0.3 is 12.0 Å². The molecule has 0 bridgehead atoms. The van der Waals surface area contributed by atoms with Crippen LogP contribution in [0.15, 0.2) is 0 Å². The summed E-state index contributed by atoms with van der Waals surface area (Å²) in [5.41, 5.74) is -1.04. The van der Waals surface area contributed by atoms with E-state index in [2.05, 4.69) is 10.6 Å². The van der Waals surface area contributed by atoms with Gasteiger partial charge in [0.05, 0.1) is 0 Å². The van der Waals surface area contributed by atoms with Crippen molar-refractivity contribution in [1.29, 1.82) is 0 Å². The quantitative estimate of drug-likeness (QED) is 0.438. The zero-order chi connectivity index (χ0) is 15.3. The standard InChI is InChI=1S/C12H19N3O5/c1-12(2)10(19)14-11(20)15(12)7-8(16)13-6-4-3-5-9(17)18/h3-7H2,1-2H3,(H,13,16)(H,17,18)(H,14,19,20). The van der Waals surface area contributed by atoms with Gasteiger partial charge < -0.3 is 15.3 Å². The summed E-state index contributed by atoms with van der Waals surface area (Å²) >= 11 is 0. The first kappa shape index (κ1) is 15.9. The van der Waals surface area contributed by atoms with Crippen LogP contribution in [-0.2, 0) is 14.4 Å². The second-order valence-electron chi connectivity index (χ2n) is 5.11. The highest BCUT2D eigenvalue weighted by Gasteiger charge is 2.46. The van der Waals surface area contributed by atoms with Gasteiger partial charge in [-0.3, -0.25) is 19.7 Å². The third-order valence-electron chi connectivity index (χ3n) is 3.14. The topological polar surface area (TPSA) is 116 Å². The minimum Gasteiger partial charge on any atom is -0.481 e. The molecule has 1 aliphatic heterocycles. The van der Waals surface area contributed by atoms with Gasteiger partial charge in [0.25, 0.3) is 5.91 Å². The average Bonchev–Trinajstić information content (AvgIpc) is 2.51. The lowest BCUT2D eigenvalue weighted by molar-refractivity contribution is -0.137. The van der Waals surface area contributed by atoms with Gasteiger partial charge in [-0.25, -0.2) is 4.79 Å². The van der Waals surface area contributed by atoms with Crippen molar-refractivity contribution in [2.24, 2.45) is 0 Å². The number of hydrogen-bond donors (Lipinski definition) is 3. The molecule has 0 saturated carbocycles. The van der Waals surface area contributed by atoms with E-state index in [0.29, 0.717) is 19.4 Å². The van der Waals surface area contributed by atoms with Gasteiger partial charge in [0.1, 0.15) is 12.1 Å². The Morgan fingerprint density at radius 1 is 1.30 bits per heavy atom. The third-order valence-corrected chi connectivity index (χ3v) is 3.14. The van der Waals surface area contributed by atoms with Crippen LogP contribution < -0.4 is 10.6 Å². The lowest BCUT2D eigenvalue weighted by atomic mass is 10.0. The van der Waals surface area contributed by atoms with Gasteiger partial charge in [0, 0.05) is 13.0 Å². The van der Waals surface area contributed by atoms with Crippen LogP contribution in [0.5, 0.6) is 0 Å². The first-order chi connectivity index (χ1) is 9.25. The molecular formula is C12H19N3O5. The highest BCUT2D eigenvalue weighted by molar-refractivity contribution is 6.07. The maximum Gasteiger partial charge on any atom is 0.325 e. The average molecular weight is 285 g/mol. The molecule has 1 fully saturated rings. The normalized spacial score (nSPS) is 17.0. The van der Waals surface area contributed by atoms with E-state index in [9.17, 15) is 19.2 Å². The Bertz CT molecular complexity index is 433. The van der Waals surface area contributed by atoms with Crippen molar-refractivity contribution in [2.75, 3.05) is 13.1 Å². The minimum atomic E-state index is -1.04. The molecule has 0 radical (unpaired) electrons. The summed E-state index contributed by atoms with van der Waals surface area (Å²) in [6.45, 7) is 3.26. The lowest BCUT2D eigenvalue weighted by Crippen LogP contribution is -2.49. The third kappa shape index (κ3) is 3.94. The van der Waals surface area contributed by atoms with Gasteiger partial charge in [0.2, 0.25) is 5.91 Å². The number of carboxylic acids is 1. The molecule has 1 rings (SSSR count). The van der Waals surface area contributed by atoms with Crippen LogP contribution in [0, 0.1) is 0 Å². The van der Waals surface area contributed by atoms with Crippen molar-refractivity contribution in [3.05, 3.63) is 0 Å². The largest absolute Gasteiger partial charge is 0.481 e. The van der Waals surface area contributed by atoms with Gasteiger partial charge in [-0.05, 0) is 26.7 Å². The van der Waals surface area contributed by atoms with Gasteiger partial charge in [-0.1, -0.05) is 0 Å². The molecule has 1 saturated heterocycles. The Morgan fingerprint density at radius 3 is 2.45 bits per heavy atom. The summed E-state index contributed by atoms with van der Waals surface area (Å²) in [7, 11) is 0. The molecule has 112 valence electrons. The molecule has 4 amide bonds. The molecule has 0 aromatic carbocycles. The number of nitrogens with one attached hydrogen (secondary N) is 2. The summed E-state index contributed by atoms with van der Waals surface area (Å²) in [5, 5.41) is 13.2. The fraction of sp³-hybridized carbons (Fsp3) is 0.667. The number of imide groups is 1. The lowest BCUT2D eigenvalue weighted by Gasteiger charge is -2.27. The Balaban J connectivity index is 2.34. The summed E-state index contributed by atoms with van der Waals surface area (Å²) in [5.74, 6) is -1.68. The van der Waals surface area contributed by atoms with Gasteiger partial charge in [-0.2, -0.15) is 0 Å². The Kier molecular flexibility index (Phi) is 5.06. The molecule has 20 heavy (non-hydrogen) atoms. The first-order valence-corrected chi connectivity index (χ1v) is 6.36. The summed E-state index contributed by atoms with van der Waals surface area (Å²) in [6.07, 6.45) is 1.09. The summed E-state index contributed by atoms with van der Waals surface area (Å²) in [4.78, 5) is 46.2. The van der Waals surface area contributed by atoms with Crippen molar-refractivity contribution in [1.82, 2.24) is 15.5 Å². The van der Waals surface area contributed by atoms with E-state index in [1.165, 1.54) is 4.90 Å². The van der Waals surface area contributed by atoms with E-state index >= 15 is 0 Å². The van der Waals surface area contributed by atoms with E-state index in [1.54, 1.807) is 13.8 Å². The van der Waals surface area contributed by atoms with Crippen molar-refractivity contribution in [3.63, 3.8) is 0 Å². The number of nitrogens with zero attached hydrogens (tertiary/aromatic N) is 1. The number of carbonyl (C=O) groups excluding carboxylic acids is 3. The zero-order valence-corrected chi connectivity index (χ0v) is 11.6. The highest BCUT2D eigenvalue weighted by Crippen LogP contribution is 2.19. The molecule has 0 aromatic rings. The smallest absolute Gasteiger partial charge is 0.325 e. The van der Waals surface area contributed by atoms with Crippen LogP contribution in [0.3, 0.4) is 0 Å². The highest BCUT2D eigenvalue weighted by atomic mass is 16.4. The van der Waals surface area contributed by atoms with Crippen molar-refractivity contribution in [2.45, 2.75) is 38.6 Å². The van der Waals surface area contributed by atoms with Crippen LogP contribution in [0.4, 0.5) is 4.79 Å². The molecule has 0 spiro atoms. The number of carbonyl (C=O) groups is 4. The van der Waals surface area contributed by atoms with E-state index in [0.717, 1.165) is 0 Å². The molecule has 0 aromatic heterocycles. The monoisotopic (exact) mass is 285 g/mol. The molecule has 1 aliphatic rings. The van der Waals surface area contributed by atoms with Crippen LogP contribution in [0.1, 0.15) is 33.1 Å². The predicted octanol–water partition coefficient (Wildman–Crippen LogP) is -0.312. The van der Waals surface area contributed by atoms with E-state index < -0.39 is 23.4 Å². The Labute approximate surface area is 116 Å². The number of rotatable bonds is 7. The molecular weight excluding hydrogens is 266 g/mol. The number of amides is 4. The number of urea groups is 1. The second kappa shape index (κ2) is 6.36. The number of hydrogen-bond acceptors (Lipinski definition) is 4. The zero-order valence-electron chi connectivity index (χ0n) is 11.6. The SMILES string of the molecule is CC1(C)C(=O)NC(=O)N1CC(=O)NCCCCC(=O)O. The molecule has 8 heteroatoms. The Morgan fingerprint density at radius 2 is 1.95 bits per heavy atom. The van der Waals surface area contributed by atoms with E-state index in [-0.39, 0.29) is 18.9 Å². The molecule has 1 heterocycles. The van der Waals surface area contributed by atoms with Gasteiger partial charge in [0.15, 0.2) is 0 Å². The first-order valence-electron chi connectivity index (χ1n) is 6.36. The Hall–Kier alpha value is -2.12. The minimum absolute atomic E-state index is 0.0614. The van der Waals surface area contributed by atoms with Crippen LogP contribution in [0.2, 0.25) is 0 Å². The fourth-order valence-electron chi connectivity index (χ4n) is 1.79. The number of carboxylic acid groups (broad SMARTS) is 1. The van der Waals surface area contributed by atoms with Crippen LogP contribution in [-0.4, -0.2) is 52.4 Å². The summed E-state index contributed by atoms with van der Waals surface area (Å²) in [6, 6.07) is -0.582. The fourth-order valence-corrected chi connectivity index (χ4v) is 1.79. The molecule has 3 N–H and O–H groups in total. The summed E-state index contributed by atoms with van der Waals surface area (Å²) < 4.78 is 0. The number of unbranched alkanes of at least 4 members (excludes halogenated alkanes) is 1. The second-order valence-corrected chi connectivity index (χ2v) is 5.11. The molecule has 0 aliphatic carbocycles. The van der Waals surface area contributed by atoms with Crippen LogP contribution >= 0.6 is 0 Å². The van der Waals surface area contributed by atoms with Crippen molar-refractivity contribution >= 4 is 23.8 Å². The maximum atomic E-state index is 11.7. The van der Waals surface area contributed by atoms with Gasteiger partial charge in [-0.15, -0.1) is 0 Å². The molecule has 8 nitrogen and oxygen atoms in total. The van der Waals surface area contributed by atoms with Crippen molar-refractivity contribution in [3.8, 4) is 0 Å². The van der Waals surface area contributed by atoms with E-state index in [4.69, 9.17) is 5.11 Å². The molecule has 0 atom stereocenters. The van der Waals surface area contributed by atoms with E-state index in [1.807, 2.05) is 0 Å². The van der Waals surface area contributed by atoms with Crippen LogP contribution in [0.25, 0.3) is 0 Å². The molecule has 0 unspecified atom stereocenters. The van der Waals surface area contributed by atoms with Crippen molar-refractivity contribution < 1.29 is 24.3 Å². The number of aliphatic carboxylic acids is 1.